The molecule has 2 aliphatic carbocycles. The van der Waals surface area contributed by atoms with Gasteiger partial charge >= 0.3 is 0 Å². The van der Waals surface area contributed by atoms with E-state index in [2.05, 4.69) is 257 Å². The average molecular weight is 860 g/mol. The first-order chi connectivity index (χ1) is 32.7. The third-order valence-corrected chi connectivity index (χ3v) is 15.4. The molecule has 2 nitrogen and oxygen atoms in total. The Morgan fingerprint density at radius 3 is 1.64 bits per heavy atom. The van der Waals surface area contributed by atoms with Gasteiger partial charge in [0.05, 0.1) is 5.41 Å². The zero-order valence-corrected chi connectivity index (χ0v) is 38.2. The quantitative estimate of drug-likeness (QED) is 0.171. The summed E-state index contributed by atoms with van der Waals surface area (Å²) >= 11 is 0. The summed E-state index contributed by atoms with van der Waals surface area (Å²) in [6, 6.07) is 83.0. The first-order valence-corrected chi connectivity index (χ1v) is 23.6. The van der Waals surface area contributed by atoms with E-state index >= 15 is 0 Å². The zero-order chi connectivity index (χ0) is 45.1. The molecule has 13 rings (SSSR count). The van der Waals surface area contributed by atoms with Gasteiger partial charge < -0.3 is 9.64 Å². The molecule has 0 fully saturated rings. The third kappa shape index (κ3) is 5.69. The number of anilines is 3. The monoisotopic (exact) mass is 859 g/mol. The van der Waals surface area contributed by atoms with Crippen molar-refractivity contribution >= 4 is 27.8 Å². The SMILES string of the molecule is CC1(C)c2ccccc2-c2ccc(N(c3ccc(-c4ccccc4)cc3)c3ccc(-c4ccc5c(c4)C4(c6ccccc6O5)c5ccccc5C(C)(C)c5c4ccc4ccccc54)cc3)cc21. The number of benzene rings is 10. The van der Waals surface area contributed by atoms with Crippen molar-refractivity contribution in [3.63, 3.8) is 0 Å². The highest BCUT2D eigenvalue weighted by Gasteiger charge is 2.53. The fraction of sp³-hybridized carbons (Fsp3) is 0.108. The molecule has 0 saturated heterocycles. The lowest BCUT2D eigenvalue weighted by Gasteiger charge is -2.50. The number of hydrogen-bond donors (Lipinski definition) is 0. The lowest BCUT2D eigenvalue weighted by atomic mass is 9.53. The average Bonchev–Trinajstić information content (AvgIpc) is 3.60. The van der Waals surface area contributed by atoms with Crippen molar-refractivity contribution in [3.05, 3.63) is 269 Å². The fourth-order valence-electron chi connectivity index (χ4n) is 12.2. The van der Waals surface area contributed by atoms with Crippen molar-refractivity contribution in [3.8, 4) is 44.9 Å². The van der Waals surface area contributed by atoms with Crippen molar-refractivity contribution in [1.29, 1.82) is 0 Å². The number of hydrogen-bond acceptors (Lipinski definition) is 2. The normalized spacial score (nSPS) is 16.5. The summed E-state index contributed by atoms with van der Waals surface area (Å²) in [5, 5.41) is 2.56. The molecule has 1 aliphatic heterocycles. The van der Waals surface area contributed by atoms with Crippen LogP contribution in [0.4, 0.5) is 17.1 Å². The van der Waals surface area contributed by atoms with Crippen LogP contribution in [-0.2, 0) is 16.2 Å². The standard InChI is InChI=1S/C65H49NO/c1-63(2)53-21-11-10-20-51(53)52-37-36-49(41-58(52)63)66(47-32-26-43(27-33-47)42-16-6-5-7-17-42)48-34-28-44(29-35-48)46-31-39-61-59(40-46)65(56-24-14-15-25-60(56)67-61)55-23-13-12-22-54(55)64(3,4)62-50-19-9-8-18-45(50)30-38-57(62)65/h5-41H,1-4H3. The summed E-state index contributed by atoms with van der Waals surface area (Å²) in [7, 11) is 0. The van der Waals surface area contributed by atoms with Gasteiger partial charge in [-0.3, -0.25) is 0 Å². The van der Waals surface area contributed by atoms with Crippen molar-refractivity contribution < 1.29 is 4.74 Å². The molecule has 1 spiro atoms. The second-order valence-corrected chi connectivity index (χ2v) is 19.6. The van der Waals surface area contributed by atoms with Gasteiger partial charge in [-0.25, -0.2) is 0 Å². The highest BCUT2D eigenvalue weighted by Crippen LogP contribution is 2.63. The highest BCUT2D eigenvalue weighted by molar-refractivity contribution is 5.93. The van der Waals surface area contributed by atoms with Gasteiger partial charge in [-0.1, -0.05) is 198 Å². The first-order valence-electron chi connectivity index (χ1n) is 23.6. The molecule has 2 heteroatoms. The van der Waals surface area contributed by atoms with Crippen molar-refractivity contribution in [2.75, 3.05) is 4.90 Å². The Kier molecular flexibility index (Phi) is 8.55. The van der Waals surface area contributed by atoms with Crippen LogP contribution in [0.25, 0.3) is 44.2 Å². The smallest absolute Gasteiger partial charge is 0.132 e. The van der Waals surface area contributed by atoms with Gasteiger partial charge in [0, 0.05) is 39.0 Å². The Labute approximate surface area is 393 Å². The Hall–Kier alpha value is -7.94. The Morgan fingerprint density at radius 1 is 0.328 bits per heavy atom. The van der Waals surface area contributed by atoms with Gasteiger partial charge in [-0.05, 0) is 132 Å². The predicted octanol–water partition coefficient (Wildman–Crippen LogP) is 17.1. The minimum absolute atomic E-state index is 0.120. The lowest BCUT2D eigenvalue weighted by molar-refractivity contribution is 0.426. The summed E-state index contributed by atoms with van der Waals surface area (Å²) in [5.74, 6) is 1.79. The van der Waals surface area contributed by atoms with Crippen LogP contribution in [0.3, 0.4) is 0 Å². The minimum Gasteiger partial charge on any atom is -0.457 e. The molecule has 1 atom stereocenters. The fourth-order valence-corrected chi connectivity index (χ4v) is 12.2. The summed E-state index contributed by atoms with van der Waals surface area (Å²) in [4.78, 5) is 2.41. The summed E-state index contributed by atoms with van der Waals surface area (Å²) in [6.07, 6.45) is 0. The van der Waals surface area contributed by atoms with Gasteiger partial charge in [0.25, 0.3) is 0 Å². The number of ether oxygens (including phenoxy) is 1. The molecule has 67 heavy (non-hydrogen) atoms. The van der Waals surface area contributed by atoms with Gasteiger partial charge in [0.2, 0.25) is 0 Å². The maximum absolute atomic E-state index is 6.91. The van der Waals surface area contributed by atoms with E-state index in [1.165, 1.54) is 72.0 Å². The van der Waals surface area contributed by atoms with E-state index in [0.717, 1.165) is 45.3 Å². The van der Waals surface area contributed by atoms with Gasteiger partial charge in [0.1, 0.15) is 11.5 Å². The summed E-state index contributed by atoms with van der Waals surface area (Å²) in [6.45, 7) is 9.51. The van der Waals surface area contributed by atoms with Gasteiger partial charge in [-0.15, -0.1) is 0 Å². The molecule has 0 saturated carbocycles. The largest absolute Gasteiger partial charge is 0.457 e. The molecule has 1 heterocycles. The van der Waals surface area contributed by atoms with E-state index < -0.39 is 5.41 Å². The van der Waals surface area contributed by atoms with E-state index in [9.17, 15) is 0 Å². The second kappa shape index (κ2) is 14.5. The maximum atomic E-state index is 6.91. The van der Waals surface area contributed by atoms with Crippen LogP contribution in [0.1, 0.15) is 72.2 Å². The van der Waals surface area contributed by atoms with E-state index in [-0.39, 0.29) is 10.8 Å². The van der Waals surface area contributed by atoms with Crippen LogP contribution < -0.4 is 9.64 Å². The summed E-state index contributed by atoms with van der Waals surface area (Å²) < 4.78 is 6.91. The van der Waals surface area contributed by atoms with Crippen LogP contribution in [-0.4, -0.2) is 0 Å². The van der Waals surface area contributed by atoms with E-state index in [0.29, 0.717) is 0 Å². The molecule has 0 N–H and O–H groups in total. The van der Waals surface area contributed by atoms with Gasteiger partial charge in [0.15, 0.2) is 0 Å². The van der Waals surface area contributed by atoms with Crippen LogP contribution in [0.5, 0.6) is 11.5 Å². The summed E-state index contributed by atoms with van der Waals surface area (Å²) in [5.41, 5.74) is 20.1. The van der Waals surface area contributed by atoms with Gasteiger partial charge in [-0.2, -0.15) is 0 Å². The van der Waals surface area contributed by atoms with Crippen molar-refractivity contribution in [2.45, 2.75) is 43.9 Å². The van der Waals surface area contributed by atoms with Crippen molar-refractivity contribution in [2.24, 2.45) is 0 Å². The molecule has 10 aromatic rings. The zero-order valence-electron chi connectivity index (χ0n) is 38.2. The molecule has 3 aliphatic rings. The van der Waals surface area contributed by atoms with E-state index in [1.807, 2.05) is 0 Å². The molecule has 0 amide bonds. The lowest BCUT2D eigenvalue weighted by Crippen LogP contribution is -2.43. The Bertz CT molecular complexity index is 3600. The number of fused-ring (bicyclic) bond motifs is 13. The van der Waals surface area contributed by atoms with Crippen LogP contribution in [0.15, 0.2) is 224 Å². The molecule has 10 aromatic carbocycles. The first kappa shape index (κ1) is 39.4. The van der Waals surface area contributed by atoms with E-state index in [4.69, 9.17) is 4.74 Å². The number of rotatable bonds is 5. The molecular weight excluding hydrogens is 811 g/mol. The molecular formula is C65H49NO. The highest BCUT2D eigenvalue weighted by atomic mass is 16.5. The van der Waals surface area contributed by atoms with Crippen molar-refractivity contribution in [1.82, 2.24) is 0 Å². The van der Waals surface area contributed by atoms with Crippen LogP contribution >= 0.6 is 0 Å². The van der Waals surface area contributed by atoms with Crippen LogP contribution in [0, 0.1) is 0 Å². The molecule has 1 unspecified atom stereocenters. The third-order valence-electron chi connectivity index (χ3n) is 15.4. The Morgan fingerprint density at radius 2 is 0.881 bits per heavy atom. The predicted molar refractivity (Wildman–Crippen MR) is 278 cm³/mol. The number of nitrogens with zero attached hydrogens (tertiary/aromatic N) is 1. The molecule has 0 bridgehead atoms. The minimum atomic E-state index is -0.616. The molecule has 0 radical (unpaired) electrons. The maximum Gasteiger partial charge on any atom is 0.132 e. The second-order valence-electron chi connectivity index (χ2n) is 19.6. The molecule has 320 valence electrons. The van der Waals surface area contributed by atoms with Crippen LogP contribution in [0.2, 0.25) is 0 Å². The molecule has 0 aromatic heterocycles. The Balaban J connectivity index is 0.968. The topological polar surface area (TPSA) is 12.5 Å². The number of para-hydroxylation sites is 1. The van der Waals surface area contributed by atoms with E-state index in [1.54, 1.807) is 0 Å².